The Morgan fingerprint density at radius 3 is 2.43 bits per heavy atom. The summed E-state index contributed by atoms with van der Waals surface area (Å²) in [5.74, 6) is -0.260. The number of rotatable bonds is 3. The predicted molar refractivity (Wildman–Crippen MR) is 138 cm³/mol. The van der Waals surface area contributed by atoms with Crippen LogP contribution in [0.2, 0.25) is 0 Å². The summed E-state index contributed by atoms with van der Waals surface area (Å²) < 4.78 is 19.5. The van der Waals surface area contributed by atoms with Crippen molar-refractivity contribution in [1.29, 1.82) is 5.26 Å². The lowest BCUT2D eigenvalue weighted by atomic mass is 9.75. The topological polar surface area (TPSA) is 119 Å². The van der Waals surface area contributed by atoms with Crippen LogP contribution in [0.4, 0.5) is 10.5 Å². The average Bonchev–Trinajstić information content (AvgIpc) is 3.23. The zero-order valence-corrected chi connectivity index (χ0v) is 22.8. The van der Waals surface area contributed by atoms with Gasteiger partial charge in [0.15, 0.2) is 5.82 Å². The van der Waals surface area contributed by atoms with Crippen molar-refractivity contribution in [2.24, 2.45) is 7.05 Å². The maximum atomic E-state index is 13.3. The highest BCUT2D eigenvalue weighted by atomic mass is 16.7. The minimum absolute atomic E-state index is 0.195. The second-order valence-corrected chi connectivity index (χ2v) is 11.5. The van der Waals surface area contributed by atoms with Crippen molar-refractivity contribution in [3.05, 3.63) is 41.0 Å². The van der Waals surface area contributed by atoms with Crippen LogP contribution in [0.15, 0.2) is 18.2 Å². The first-order chi connectivity index (χ1) is 17.1. The second kappa shape index (κ2) is 9.19. The van der Waals surface area contributed by atoms with Gasteiger partial charge in [0.05, 0.1) is 34.7 Å². The molecule has 2 aliphatic rings. The fourth-order valence-corrected chi connectivity index (χ4v) is 4.36. The Bertz CT molecular complexity index is 1270. The van der Waals surface area contributed by atoms with Crippen LogP contribution >= 0.6 is 0 Å². The molecule has 0 bridgehead atoms. The number of hydrogen-bond donors (Lipinski definition) is 1. The normalized spacial score (nSPS) is 18.2. The van der Waals surface area contributed by atoms with Crippen LogP contribution in [0, 0.1) is 11.3 Å². The van der Waals surface area contributed by atoms with Crippen LogP contribution in [0.1, 0.15) is 76.0 Å². The molecule has 1 N–H and O–H groups in total. The Kier molecular flexibility index (Phi) is 6.63. The number of nitrogens with one attached hydrogen (secondary N) is 1. The number of hydrogen-bond acceptors (Lipinski definition) is 7. The number of benzene rings is 1. The SMILES string of the molecule is Cn1c(C(=O)Nc2cccc(B3OC(C)(C)C(C)(C)O3)c2C#N)nc2c1CCN(C(=O)OC(C)(C)C)C2. The van der Waals surface area contributed by atoms with Gasteiger partial charge in [0.1, 0.15) is 11.7 Å². The van der Waals surface area contributed by atoms with Gasteiger partial charge in [0.2, 0.25) is 0 Å². The molecular formula is C26H34BN5O5. The number of anilines is 1. The zero-order chi connectivity index (χ0) is 27.3. The molecule has 0 unspecified atom stereocenters. The highest BCUT2D eigenvalue weighted by molar-refractivity contribution is 6.63. The fourth-order valence-electron chi connectivity index (χ4n) is 4.36. The first kappa shape index (κ1) is 26.7. The van der Waals surface area contributed by atoms with E-state index in [-0.39, 0.29) is 17.9 Å². The summed E-state index contributed by atoms with van der Waals surface area (Å²) in [6, 6.07) is 7.37. The Morgan fingerprint density at radius 2 is 1.84 bits per heavy atom. The van der Waals surface area contributed by atoms with Crippen LogP contribution in [0.5, 0.6) is 0 Å². The van der Waals surface area contributed by atoms with Crippen LogP contribution in [-0.2, 0) is 34.1 Å². The molecule has 2 aliphatic heterocycles. The van der Waals surface area contributed by atoms with Gasteiger partial charge < -0.3 is 28.8 Å². The van der Waals surface area contributed by atoms with Gasteiger partial charge in [-0.05, 0) is 54.5 Å². The number of amides is 2. The number of carbonyl (C=O) groups is 2. The van der Waals surface area contributed by atoms with E-state index in [1.807, 2.05) is 48.5 Å². The zero-order valence-electron chi connectivity index (χ0n) is 22.8. The third-order valence-corrected chi connectivity index (χ3v) is 7.07. The summed E-state index contributed by atoms with van der Waals surface area (Å²) in [5, 5.41) is 12.8. The van der Waals surface area contributed by atoms with Gasteiger partial charge in [0, 0.05) is 31.2 Å². The third kappa shape index (κ3) is 5.09. The number of imidazole rings is 1. The number of ether oxygens (including phenoxy) is 1. The quantitative estimate of drug-likeness (QED) is 0.634. The largest absolute Gasteiger partial charge is 0.496 e. The summed E-state index contributed by atoms with van der Waals surface area (Å²) in [7, 11) is 1.03. The Balaban J connectivity index is 1.56. The first-order valence-electron chi connectivity index (χ1n) is 12.4. The van der Waals surface area contributed by atoms with Gasteiger partial charge in [-0.1, -0.05) is 12.1 Å². The molecule has 11 heteroatoms. The van der Waals surface area contributed by atoms with Crippen LogP contribution in [-0.4, -0.2) is 56.9 Å². The molecule has 1 saturated heterocycles. The summed E-state index contributed by atoms with van der Waals surface area (Å²) in [5.41, 5.74) is 0.963. The second-order valence-electron chi connectivity index (χ2n) is 11.5. The monoisotopic (exact) mass is 507 g/mol. The van der Waals surface area contributed by atoms with Crippen molar-refractivity contribution in [1.82, 2.24) is 14.5 Å². The Labute approximate surface area is 218 Å². The van der Waals surface area contributed by atoms with Crippen molar-refractivity contribution in [3.63, 3.8) is 0 Å². The van der Waals surface area contributed by atoms with Gasteiger partial charge in [-0.25, -0.2) is 9.78 Å². The fraction of sp³-hybridized carbons (Fsp3) is 0.538. The molecule has 0 spiro atoms. The summed E-state index contributed by atoms with van der Waals surface area (Å²) in [4.78, 5) is 31.9. The summed E-state index contributed by atoms with van der Waals surface area (Å²) in [6.45, 7) is 14.0. The molecule has 2 aromatic rings. The maximum absolute atomic E-state index is 13.3. The molecule has 0 aliphatic carbocycles. The van der Waals surface area contributed by atoms with E-state index in [4.69, 9.17) is 14.0 Å². The molecule has 1 fully saturated rings. The lowest BCUT2D eigenvalue weighted by Gasteiger charge is -2.32. The highest BCUT2D eigenvalue weighted by Gasteiger charge is 2.52. The molecule has 3 heterocycles. The van der Waals surface area contributed by atoms with Crippen LogP contribution in [0.25, 0.3) is 0 Å². The minimum Gasteiger partial charge on any atom is -0.444 e. The maximum Gasteiger partial charge on any atom is 0.496 e. The van der Waals surface area contributed by atoms with Crippen LogP contribution in [0.3, 0.4) is 0 Å². The van der Waals surface area contributed by atoms with Gasteiger partial charge in [-0.15, -0.1) is 0 Å². The smallest absolute Gasteiger partial charge is 0.444 e. The van der Waals surface area contributed by atoms with Crippen molar-refractivity contribution in [3.8, 4) is 6.07 Å². The molecule has 196 valence electrons. The molecule has 37 heavy (non-hydrogen) atoms. The van der Waals surface area contributed by atoms with Crippen LogP contribution < -0.4 is 10.8 Å². The number of aromatic nitrogens is 2. The van der Waals surface area contributed by atoms with Crippen molar-refractivity contribution >= 4 is 30.3 Å². The molecular weight excluding hydrogens is 473 g/mol. The summed E-state index contributed by atoms with van der Waals surface area (Å²) >= 11 is 0. The van der Waals surface area contributed by atoms with Gasteiger partial charge in [-0.3, -0.25) is 4.79 Å². The van der Waals surface area contributed by atoms with Crippen molar-refractivity contribution < 1.29 is 23.6 Å². The average molecular weight is 507 g/mol. The third-order valence-electron chi connectivity index (χ3n) is 7.07. The van der Waals surface area contributed by atoms with E-state index < -0.39 is 35.9 Å². The number of nitriles is 1. The molecule has 0 atom stereocenters. The van der Waals surface area contributed by atoms with E-state index in [0.29, 0.717) is 29.8 Å². The molecule has 2 amide bonds. The van der Waals surface area contributed by atoms with Gasteiger partial charge in [0.25, 0.3) is 5.91 Å². The molecule has 0 saturated carbocycles. The molecule has 1 aromatic heterocycles. The first-order valence-corrected chi connectivity index (χ1v) is 12.4. The van der Waals surface area contributed by atoms with Gasteiger partial charge >= 0.3 is 13.2 Å². The Morgan fingerprint density at radius 1 is 1.19 bits per heavy atom. The molecule has 4 rings (SSSR count). The molecule has 0 radical (unpaired) electrons. The lowest BCUT2D eigenvalue weighted by Crippen LogP contribution is -2.41. The van der Waals surface area contributed by atoms with E-state index in [0.717, 1.165) is 5.69 Å². The standard InChI is InChI=1S/C26H34BN5O5/c1-24(2,3)35-23(34)32-13-12-20-19(15-32)29-21(31(20)8)22(33)30-18-11-9-10-17(16(18)14-28)27-36-25(4,5)26(6,7)37-27/h9-11H,12-13,15H2,1-8H3,(H,30,33). The van der Waals surface area contributed by atoms with E-state index >= 15 is 0 Å². The number of carbonyl (C=O) groups excluding carboxylic acids is 2. The van der Waals surface area contributed by atoms with Crippen molar-refractivity contribution in [2.45, 2.75) is 78.2 Å². The van der Waals surface area contributed by atoms with E-state index in [2.05, 4.69) is 16.4 Å². The highest BCUT2D eigenvalue weighted by Crippen LogP contribution is 2.37. The van der Waals surface area contributed by atoms with E-state index in [1.54, 1.807) is 34.7 Å². The minimum atomic E-state index is -0.740. The molecule has 10 nitrogen and oxygen atoms in total. The summed E-state index contributed by atoms with van der Waals surface area (Å²) in [6.07, 6.45) is 0.139. The Hall–Kier alpha value is -3.36. The van der Waals surface area contributed by atoms with E-state index in [1.165, 1.54) is 0 Å². The van der Waals surface area contributed by atoms with E-state index in [9.17, 15) is 14.9 Å². The number of fused-ring (bicyclic) bond motifs is 1. The lowest BCUT2D eigenvalue weighted by molar-refractivity contribution is 0.00578. The van der Waals surface area contributed by atoms with Gasteiger partial charge in [-0.2, -0.15) is 5.26 Å². The predicted octanol–water partition coefficient (Wildman–Crippen LogP) is 3.14. The molecule has 1 aromatic carbocycles. The number of nitrogens with zero attached hydrogens (tertiary/aromatic N) is 4. The van der Waals surface area contributed by atoms with Crippen molar-refractivity contribution in [2.75, 3.05) is 11.9 Å².